The molecule has 1 fully saturated rings. The second-order valence-electron chi connectivity index (χ2n) is 7.50. The van der Waals surface area contributed by atoms with Gasteiger partial charge in [0.05, 0.1) is 11.0 Å². The molecule has 2 aromatic carbocycles. The Morgan fingerprint density at radius 3 is 2.89 bits per heavy atom. The largest absolute Gasteiger partial charge is 0.342 e. The molecule has 0 bridgehead atoms. The fourth-order valence-corrected chi connectivity index (χ4v) is 4.01. The van der Waals surface area contributed by atoms with Crippen LogP contribution in [0.1, 0.15) is 47.4 Å². The molecule has 1 aromatic heterocycles. The summed E-state index contributed by atoms with van der Waals surface area (Å²) >= 11 is 0. The molecule has 5 heteroatoms. The summed E-state index contributed by atoms with van der Waals surface area (Å²) in [5.74, 6) is 1.53. The van der Waals surface area contributed by atoms with Crippen molar-refractivity contribution in [3.63, 3.8) is 0 Å². The van der Waals surface area contributed by atoms with E-state index in [-0.39, 0.29) is 5.91 Å². The Bertz CT molecular complexity index is 909. The van der Waals surface area contributed by atoms with Gasteiger partial charge in [-0.05, 0) is 62.1 Å². The van der Waals surface area contributed by atoms with E-state index >= 15 is 0 Å². The van der Waals surface area contributed by atoms with Crippen molar-refractivity contribution in [1.82, 2.24) is 20.2 Å². The van der Waals surface area contributed by atoms with Crippen LogP contribution in [0.25, 0.3) is 11.0 Å². The van der Waals surface area contributed by atoms with Crippen LogP contribution in [0.4, 0.5) is 0 Å². The van der Waals surface area contributed by atoms with Gasteiger partial charge >= 0.3 is 0 Å². The van der Waals surface area contributed by atoms with Crippen molar-refractivity contribution >= 4 is 16.9 Å². The van der Waals surface area contributed by atoms with E-state index in [2.05, 4.69) is 27.4 Å². The van der Waals surface area contributed by atoms with Crippen molar-refractivity contribution in [2.24, 2.45) is 0 Å². The minimum atomic E-state index is 0.101. The number of carbonyl (C=O) groups excluding carboxylic acids is 1. The lowest BCUT2D eigenvalue weighted by Crippen LogP contribution is -2.33. The summed E-state index contributed by atoms with van der Waals surface area (Å²) in [5, 5.41) is 3.46. The highest BCUT2D eigenvalue weighted by Gasteiger charge is 2.19. The molecule has 1 saturated heterocycles. The number of hydrogen-bond donors (Lipinski definition) is 2. The van der Waals surface area contributed by atoms with Crippen molar-refractivity contribution < 1.29 is 4.79 Å². The van der Waals surface area contributed by atoms with E-state index in [1.807, 2.05) is 48.2 Å². The molecule has 0 radical (unpaired) electrons. The minimum Gasteiger partial charge on any atom is -0.342 e. The van der Waals surface area contributed by atoms with Gasteiger partial charge in [0.25, 0.3) is 5.91 Å². The van der Waals surface area contributed by atoms with E-state index in [4.69, 9.17) is 0 Å². The smallest absolute Gasteiger partial charge is 0.253 e. The maximum absolute atomic E-state index is 13.1. The summed E-state index contributed by atoms with van der Waals surface area (Å²) in [6.45, 7) is 5.48. The Kier molecular flexibility index (Phi) is 5.72. The number of benzene rings is 2. The van der Waals surface area contributed by atoms with Gasteiger partial charge in [-0.2, -0.15) is 0 Å². The van der Waals surface area contributed by atoms with Gasteiger partial charge in [0.1, 0.15) is 5.82 Å². The standard InChI is InChI=1S/C23H28N4O/c1-2-27(14-12-22-25-20-10-3-4-11-21(20)26-22)23(28)18-8-5-7-17(15-18)19-9-6-13-24-16-19/h3-5,7-8,10-11,15,19,24H,2,6,9,12-14,16H2,1H3,(H,25,26)/t19-/m0/s1. The minimum absolute atomic E-state index is 0.101. The molecule has 0 saturated carbocycles. The number of nitrogens with one attached hydrogen (secondary N) is 2. The van der Waals surface area contributed by atoms with Crippen molar-refractivity contribution in [2.45, 2.75) is 32.1 Å². The van der Waals surface area contributed by atoms with Crippen molar-refractivity contribution in [1.29, 1.82) is 0 Å². The topological polar surface area (TPSA) is 61.0 Å². The molecule has 4 rings (SSSR count). The van der Waals surface area contributed by atoms with Crippen LogP contribution in [0.5, 0.6) is 0 Å². The number of carbonyl (C=O) groups is 1. The molecule has 1 aliphatic heterocycles. The van der Waals surface area contributed by atoms with Crippen LogP contribution in [-0.4, -0.2) is 47.0 Å². The van der Waals surface area contributed by atoms with Crippen LogP contribution in [-0.2, 0) is 6.42 Å². The van der Waals surface area contributed by atoms with E-state index in [0.29, 0.717) is 19.0 Å². The van der Waals surface area contributed by atoms with Gasteiger partial charge in [-0.3, -0.25) is 4.79 Å². The molecule has 1 atom stereocenters. The fourth-order valence-electron chi connectivity index (χ4n) is 4.01. The van der Waals surface area contributed by atoms with E-state index in [1.54, 1.807) is 0 Å². The first-order valence-corrected chi connectivity index (χ1v) is 10.3. The molecule has 5 nitrogen and oxygen atoms in total. The first-order chi connectivity index (χ1) is 13.7. The lowest BCUT2D eigenvalue weighted by atomic mass is 9.90. The Hall–Kier alpha value is -2.66. The van der Waals surface area contributed by atoms with Crippen LogP contribution < -0.4 is 5.32 Å². The number of nitrogens with zero attached hydrogens (tertiary/aromatic N) is 2. The maximum atomic E-state index is 13.1. The molecule has 2 N–H and O–H groups in total. The third-order valence-electron chi connectivity index (χ3n) is 5.63. The van der Waals surface area contributed by atoms with Crippen molar-refractivity contribution in [3.8, 4) is 0 Å². The predicted molar refractivity (Wildman–Crippen MR) is 113 cm³/mol. The van der Waals surface area contributed by atoms with E-state index in [0.717, 1.165) is 41.9 Å². The molecule has 0 spiro atoms. The molecule has 146 valence electrons. The van der Waals surface area contributed by atoms with Crippen LogP contribution in [0.3, 0.4) is 0 Å². The summed E-state index contributed by atoms with van der Waals surface area (Å²) in [4.78, 5) is 23.0. The second-order valence-corrected chi connectivity index (χ2v) is 7.50. The van der Waals surface area contributed by atoms with Crippen LogP contribution in [0, 0.1) is 0 Å². The lowest BCUT2D eigenvalue weighted by Gasteiger charge is -2.24. The Morgan fingerprint density at radius 2 is 2.11 bits per heavy atom. The summed E-state index contributed by atoms with van der Waals surface area (Å²) in [6, 6.07) is 16.2. The van der Waals surface area contributed by atoms with Gasteiger partial charge in [0.15, 0.2) is 0 Å². The molecule has 2 heterocycles. The molecule has 0 aliphatic carbocycles. The highest BCUT2D eigenvalue weighted by molar-refractivity contribution is 5.94. The molecule has 1 aliphatic rings. The van der Waals surface area contributed by atoms with E-state index in [9.17, 15) is 4.79 Å². The van der Waals surface area contributed by atoms with Gasteiger partial charge in [-0.15, -0.1) is 0 Å². The lowest BCUT2D eigenvalue weighted by molar-refractivity contribution is 0.0765. The summed E-state index contributed by atoms with van der Waals surface area (Å²) in [7, 11) is 0. The van der Waals surface area contributed by atoms with Gasteiger partial charge in [0, 0.05) is 31.6 Å². The maximum Gasteiger partial charge on any atom is 0.253 e. The van der Waals surface area contributed by atoms with Crippen LogP contribution >= 0.6 is 0 Å². The number of imidazole rings is 1. The highest BCUT2D eigenvalue weighted by atomic mass is 16.2. The summed E-state index contributed by atoms with van der Waals surface area (Å²) < 4.78 is 0. The zero-order chi connectivity index (χ0) is 19.3. The number of likely N-dealkylation sites (N-methyl/N-ethyl adjacent to an activating group) is 1. The number of para-hydroxylation sites is 2. The fraction of sp³-hybridized carbons (Fsp3) is 0.391. The Labute approximate surface area is 166 Å². The van der Waals surface area contributed by atoms with Gasteiger partial charge in [0.2, 0.25) is 0 Å². The molecule has 1 amide bonds. The van der Waals surface area contributed by atoms with E-state index < -0.39 is 0 Å². The molecular formula is C23H28N4O. The van der Waals surface area contributed by atoms with Gasteiger partial charge in [-0.1, -0.05) is 24.3 Å². The number of amides is 1. The average Bonchev–Trinajstić information content (AvgIpc) is 3.18. The molecule has 28 heavy (non-hydrogen) atoms. The van der Waals surface area contributed by atoms with Gasteiger partial charge in [-0.25, -0.2) is 4.98 Å². The SMILES string of the molecule is CCN(CCc1nc2ccccc2[nH]1)C(=O)c1cccc([C@H]2CCCNC2)c1. The number of fused-ring (bicyclic) bond motifs is 1. The Balaban J connectivity index is 1.44. The van der Waals surface area contributed by atoms with Crippen molar-refractivity contribution in [2.75, 3.05) is 26.2 Å². The van der Waals surface area contributed by atoms with Gasteiger partial charge < -0.3 is 15.2 Å². The average molecular weight is 377 g/mol. The third-order valence-corrected chi connectivity index (χ3v) is 5.63. The Morgan fingerprint density at radius 1 is 1.21 bits per heavy atom. The number of piperidine rings is 1. The van der Waals surface area contributed by atoms with Crippen molar-refractivity contribution in [3.05, 3.63) is 65.5 Å². The molecular weight excluding hydrogens is 348 g/mol. The van der Waals surface area contributed by atoms with E-state index in [1.165, 1.54) is 18.4 Å². The number of aromatic nitrogens is 2. The van der Waals surface area contributed by atoms with Crippen LogP contribution in [0.2, 0.25) is 0 Å². The molecule has 0 unspecified atom stereocenters. The summed E-state index contributed by atoms with van der Waals surface area (Å²) in [6.07, 6.45) is 3.11. The molecule has 3 aromatic rings. The number of hydrogen-bond acceptors (Lipinski definition) is 3. The zero-order valence-corrected chi connectivity index (χ0v) is 16.4. The highest BCUT2D eigenvalue weighted by Crippen LogP contribution is 2.24. The second kappa shape index (κ2) is 8.57. The van der Waals surface area contributed by atoms with Crippen LogP contribution in [0.15, 0.2) is 48.5 Å². The zero-order valence-electron chi connectivity index (χ0n) is 16.4. The first kappa shape index (κ1) is 18.7. The first-order valence-electron chi connectivity index (χ1n) is 10.3. The summed E-state index contributed by atoms with van der Waals surface area (Å²) in [5.41, 5.74) is 4.07. The quantitative estimate of drug-likeness (QED) is 0.689. The number of rotatable bonds is 6. The predicted octanol–water partition coefficient (Wildman–Crippen LogP) is 3.73. The monoisotopic (exact) mass is 376 g/mol. The number of H-pyrrole nitrogens is 1. The number of aromatic amines is 1. The third kappa shape index (κ3) is 4.09. The normalized spacial score (nSPS) is 17.0.